The molecule has 136 valence electrons. The van der Waals surface area contributed by atoms with Crippen molar-refractivity contribution in [3.05, 3.63) is 71.9 Å². The molecule has 1 amide bonds. The Morgan fingerprint density at radius 2 is 1.89 bits per heavy atom. The predicted molar refractivity (Wildman–Crippen MR) is 104 cm³/mol. The lowest BCUT2D eigenvalue weighted by atomic mass is 9.78. The van der Waals surface area contributed by atoms with Gasteiger partial charge in [-0.2, -0.15) is 0 Å². The fraction of sp³-hybridized carbons (Fsp3) is 0.273. The molecule has 5 nitrogen and oxygen atoms in total. The van der Waals surface area contributed by atoms with Crippen LogP contribution < -0.4 is 0 Å². The van der Waals surface area contributed by atoms with Crippen molar-refractivity contribution in [2.75, 3.05) is 6.54 Å². The first kappa shape index (κ1) is 16.1. The number of fused-ring (bicyclic) bond motifs is 2. The van der Waals surface area contributed by atoms with E-state index in [2.05, 4.69) is 22.3 Å². The third-order valence-corrected chi connectivity index (χ3v) is 6.07. The van der Waals surface area contributed by atoms with E-state index in [1.165, 1.54) is 0 Å². The van der Waals surface area contributed by atoms with Gasteiger partial charge in [-0.15, -0.1) is 0 Å². The Hall–Kier alpha value is -3.08. The molecule has 5 rings (SSSR count). The monoisotopic (exact) mass is 359 g/mol. The van der Waals surface area contributed by atoms with E-state index in [0.29, 0.717) is 5.71 Å². The van der Waals surface area contributed by atoms with Crippen LogP contribution >= 0.6 is 0 Å². The summed E-state index contributed by atoms with van der Waals surface area (Å²) in [5.74, 6) is -0.423. The lowest BCUT2D eigenvalue weighted by Crippen LogP contribution is -2.31. The third-order valence-electron chi connectivity index (χ3n) is 6.07. The van der Waals surface area contributed by atoms with Crippen LogP contribution in [-0.2, 0) is 4.79 Å². The fourth-order valence-electron chi connectivity index (χ4n) is 4.95. The fourth-order valence-corrected chi connectivity index (χ4v) is 4.95. The summed E-state index contributed by atoms with van der Waals surface area (Å²) in [6.07, 6.45) is 4.04. The summed E-state index contributed by atoms with van der Waals surface area (Å²) in [6, 6.07) is 17.9. The minimum atomic E-state index is -0.470. The maximum Gasteiger partial charge on any atom is 0.232 e. The van der Waals surface area contributed by atoms with Crippen molar-refractivity contribution in [3.63, 3.8) is 0 Å². The van der Waals surface area contributed by atoms with Gasteiger partial charge < -0.3 is 15.1 Å². The van der Waals surface area contributed by atoms with Gasteiger partial charge in [-0.25, -0.2) is 0 Å². The number of hydrogen-bond donors (Lipinski definition) is 2. The average molecular weight is 359 g/mol. The summed E-state index contributed by atoms with van der Waals surface area (Å²) in [5, 5.41) is 14.6. The minimum absolute atomic E-state index is 0.0257. The highest BCUT2D eigenvalue weighted by Gasteiger charge is 2.53. The van der Waals surface area contributed by atoms with Crippen LogP contribution in [0.1, 0.15) is 29.9 Å². The quantitative estimate of drug-likeness (QED) is 0.425. The average Bonchev–Trinajstić information content (AvgIpc) is 3.41. The molecule has 5 heteroatoms. The molecule has 0 spiro atoms. The van der Waals surface area contributed by atoms with Gasteiger partial charge in [-0.05, 0) is 24.5 Å². The minimum Gasteiger partial charge on any atom is -0.411 e. The molecule has 2 N–H and O–H groups in total. The summed E-state index contributed by atoms with van der Waals surface area (Å²) in [4.78, 5) is 18.7. The zero-order valence-corrected chi connectivity index (χ0v) is 14.9. The first-order valence-electron chi connectivity index (χ1n) is 9.43. The molecule has 0 aliphatic carbocycles. The molecular formula is C22H21N3O2. The number of amides is 1. The third kappa shape index (κ3) is 2.38. The van der Waals surface area contributed by atoms with Crippen molar-refractivity contribution in [1.82, 2.24) is 9.88 Å². The maximum atomic E-state index is 13.3. The molecule has 0 saturated carbocycles. The van der Waals surface area contributed by atoms with Gasteiger partial charge in [0, 0.05) is 41.2 Å². The summed E-state index contributed by atoms with van der Waals surface area (Å²) < 4.78 is 0. The van der Waals surface area contributed by atoms with E-state index in [1.807, 2.05) is 53.6 Å². The molecule has 2 aromatic carbocycles. The molecule has 27 heavy (non-hydrogen) atoms. The first-order valence-corrected chi connectivity index (χ1v) is 9.43. The van der Waals surface area contributed by atoms with Gasteiger partial charge in [0.25, 0.3) is 0 Å². The number of aromatic nitrogens is 1. The zero-order valence-electron chi connectivity index (χ0n) is 14.9. The largest absolute Gasteiger partial charge is 0.411 e. The van der Waals surface area contributed by atoms with Crippen LogP contribution in [0.3, 0.4) is 0 Å². The molecule has 0 bridgehead atoms. The molecule has 2 aliphatic rings. The van der Waals surface area contributed by atoms with E-state index in [1.54, 1.807) is 0 Å². The molecule has 2 saturated heterocycles. The Kier molecular flexibility index (Phi) is 3.74. The van der Waals surface area contributed by atoms with Crippen LogP contribution in [0.15, 0.2) is 65.9 Å². The molecule has 2 fully saturated rings. The number of carbonyl (C=O) groups is 1. The Balaban J connectivity index is 1.67. The van der Waals surface area contributed by atoms with E-state index < -0.39 is 5.92 Å². The van der Waals surface area contributed by atoms with Crippen molar-refractivity contribution >= 4 is 22.5 Å². The molecular weight excluding hydrogens is 338 g/mol. The summed E-state index contributed by atoms with van der Waals surface area (Å²) in [7, 11) is 0. The smallest absolute Gasteiger partial charge is 0.232 e. The second-order valence-corrected chi connectivity index (χ2v) is 7.39. The van der Waals surface area contributed by atoms with E-state index in [-0.39, 0.29) is 17.9 Å². The summed E-state index contributed by atoms with van der Waals surface area (Å²) in [6.45, 7) is 0.784. The normalized spacial score (nSPS) is 25.3. The van der Waals surface area contributed by atoms with Crippen LogP contribution in [0.25, 0.3) is 10.9 Å². The summed E-state index contributed by atoms with van der Waals surface area (Å²) >= 11 is 0. The van der Waals surface area contributed by atoms with Crippen LogP contribution in [-0.4, -0.2) is 39.3 Å². The first-order chi connectivity index (χ1) is 13.3. The number of para-hydroxylation sites is 1. The molecule has 1 aromatic heterocycles. The highest BCUT2D eigenvalue weighted by molar-refractivity contribution is 6.15. The number of rotatable bonds is 3. The highest BCUT2D eigenvalue weighted by Crippen LogP contribution is 2.47. The summed E-state index contributed by atoms with van der Waals surface area (Å²) in [5.41, 5.74) is 3.46. The predicted octanol–water partition coefficient (Wildman–Crippen LogP) is 3.75. The topological polar surface area (TPSA) is 68.7 Å². The standard InChI is InChI=1S/C22H21N3O2/c26-22-20(21(24-27)14-7-2-1-3-8-14)19(18-11-6-12-25(18)22)16-13-23-17-10-5-4-9-15(16)17/h1-5,7-10,13,18-20,23,27H,6,11-12H2/b24-21+/t18?,19-,20-/m1/s1. The Bertz CT molecular complexity index is 1020. The molecule has 1 unspecified atom stereocenters. The van der Waals surface area contributed by atoms with Crippen LogP contribution in [0, 0.1) is 5.92 Å². The molecule has 3 heterocycles. The SMILES string of the molecule is O=C1[C@@H](/C(=N/O)c2ccccc2)[C@H](c2c[nH]c3ccccc23)C2CCCN12. The van der Waals surface area contributed by atoms with Crippen LogP contribution in [0.4, 0.5) is 0 Å². The van der Waals surface area contributed by atoms with E-state index >= 15 is 0 Å². The van der Waals surface area contributed by atoms with Gasteiger partial charge >= 0.3 is 0 Å². The van der Waals surface area contributed by atoms with E-state index in [9.17, 15) is 10.0 Å². The van der Waals surface area contributed by atoms with Gasteiger partial charge in [0.15, 0.2) is 0 Å². The van der Waals surface area contributed by atoms with E-state index in [0.717, 1.165) is 41.4 Å². The van der Waals surface area contributed by atoms with Gasteiger partial charge in [0.2, 0.25) is 5.91 Å². The maximum absolute atomic E-state index is 13.3. The molecule has 2 aliphatic heterocycles. The van der Waals surface area contributed by atoms with Gasteiger partial charge in [-0.3, -0.25) is 4.79 Å². The number of carbonyl (C=O) groups excluding carboxylic acids is 1. The van der Waals surface area contributed by atoms with Crippen LogP contribution in [0.5, 0.6) is 0 Å². The number of oxime groups is 1. The van der Waals surface area contributed by atoms with Crippen molar-refractivity contribution in [1.29, 1.82) is 0 Å². The Labute approximate surface area is 157 Å². The van der Waals surface area contributed by atoms with Gasteiger partial charge in [0.05, 0.1) is 11.6 Å². The van der Waals surface area contributed by atoms with Crippen molar-refractivity contribution in [3.8, 4) is 0 Å². The number of H-pyrrole nitrogens is 1. The lowest BCUT2D eigenvalue weighted by molar-refractivity contribution is -0.129. The number of nitrogens with zero attached hydrogens (tertiary/aromatic N) is 2. The second kappa shape index (κ2) is 6.27. The van der Waals surface area contributed by atoms with Crippen molar-refractivity contribution in [2.45, 2.75) is 24.8 Å². The Morgan fingerprint density at radius 1 is 1.11 bits per heavy atom. The van der Waals surface area contributed by atoms with Gasteiger partial charge in [-0.1, -0.05) is 53.7 Å². The lowest BCUT2D eigenvalue weighted by Gasteiger charge is -2.22. The molecule has 3 atom stereocenters. The highest BCUT2D eigenvalue weighted by atomic mass is 16.4. The Morgan fingerprint density at radius 3 is 2.70 bits per heavy atom. The number of aromatic amines is 1. The number of hydrogen-bond acceptors (Lipinski definition) is 3. The van der Waals surface area contributed by atoms with Crippen molar-refractivity contribution in [2.24, 2.45) is 11.1 Å². The molecule has 3 aromatic rings. The second-order valence-electron chi connectivity index (χ2n) is 7.39. The van der Waals surface area contributed by atoms with E-state index in [4.69, 9.17) is 0 Å². The van der Waals surface area contributed by atoms with Gasteiger partial charge in [0.1, 0.15) is 0 Å². The van der Waals surface area contributed by atoms with Crippen LogP contribution in [0.2, 0.25) is 0 Å². The zero-order chi connectivity index (χ0) is 18.4. The molecule has 0 radical (unpaired) electrons. The number of benzene rings is 2. The van der Waals surface area contributed by atoms with Crippen molar-refractivity contribution < 1.29 is 10.0 Å². The number of nitrogens with one attached hydrogen (secondary N) is 1.